The first-order valence-corrected chi connectivity index (χ1v) is 7.74. The third-order valence-corrected chi connectivity index (χ3v) is 4.85. The average Bonchev–Trinajstić information content (AvgIpc) is 2.85. The summed E-state index contributed by atoms with van der Waals surface area (Å²) in [7, 11) is 0. The number of benzene rings is 2. The van der Waals surface area contributed by atoms with E-state index in [0.717, 1.165) is 28.6 Å². The van der Waals surface area contributed by atoms with Crippen molar-refractivity contribution < 1.29 is 9.90 Å². The van der Waals surface area contributed by atoms with Crippen LogP contribution in [0.15, 0.2) is 40.9 Å². The molecule has 1 aliphatic rings. The van der Waals surface area contributed by atoms with Gasteiger partial charge in [-0.2, -0.15) is 0 Å². The zero-order valence-electron chi connectivity index (χ0n) is 11.7. The van der Waals surface area contributed by atoms with Crippen LogP contribution in [0.3, 0.4) is 0 Å². The number of carbonyl (C=O) groups is 1. The van der Waals surface area contributed by atoms with Gasteiger partial charge >= 0.3 is 5.97 Å². The van der Waals surface area contributed by atoms with Gasteiger partial charge in [-0.15, -0.1) is 0 Å². The van der Waals surface area contributed by atoms with Crippen LogP contribution in [-0.2, 0) is 6.42 Å². The highest BCUT2D eigenvalue weighted by molar-refractivity contribution is 9.10. The van der Waals surface area contributed by atoms with Gasteiger partial charge in [0.15, 0.2) is 0 Å². The van der Waals surface area contributed by atoms with Crippen LogP contribution in [0.5, 0.6) is 0 Å². The monoisotopic (exact) mass is 345 g/mol. The van der Waals surface area contributed by atoms with Gasteiger partial charge in [0.25, 0.3) is 0 Å². The van der Waals surface area contributed by atoms with E-state index in [4.69, 9.17) is 0 Å². The molecule has 21 heavy (non-hydrogen) atoms. The first-order chi connectivity index (χ1) is 10.1. The smallest absolute Gasteiger partial charge is 0.336 e. The normalized spacial score (nSPS) is 16.6. The number of hydrogen-bond acceptors (Lipinski definition) is 2. The van der Waals surface area contributed by atoms with Crippen molar-refractivity contribution in [3.63, 3.8) is 0 Å². The minimum atomic E-state index is -0.884. The van der Waals surface area contributed by atoms with Gasteiger partial charge in [0.05, 0.1) is 11.6 Å². The molecule has 1 atom stereocenters. The maximum Gasteiger partial charge on any atom is 0.336 e. The van der Waals surface area contributed by atoms with Gasteiger partial charge in [-0.3, -0.25) is 0 Å². The van der Waals surface area contributed by atoms with E-state index in [9.17, 15) is 9.90 Å². The van der Waals surface area contributed by atoms with Gasteiger partial charge in [-0.05, 0) is 54.7 Å². The Bertz CT molecular complexity index is 712. The van der Waals surface area contributed by atoms with E-state index in [1.54, 1.807) is 12.1 Å². The van der Waals surface area contributed by atoms with E-state index in [2.05, 4.69) is 33.4 Å². The molecule has 2 aromatic carbocycles. The average molecular weight is 346 g/mol. The lowest BCUT2D eigenvalue weighted by atomic mass is 10.0. The Morgan fingerprint density at radius 1 is 1.29 bits per heavy atom. The van der Waals surface area contributed by atoms with Crippen molar-refractivity contribution in [1.29, 1.82) is 0 Å². The van der Waals surface area contributed by atoms with E-state index in [1.807, 2.05) is 19.1 Å². The van der Waals surface area contributed by atoms with Crippen LogP contribution in [0.1, 0.15) is 39.5 Å². The third kappa shape index (κ3) is 2.56. The third-order valence-electron chi connectivity index (χ3n) is 4.11. The van der Waals surface area contributed by atoms with Crippen molar-refractivity contribution in [2.45, 2.75) is 25.8 Å². The molecule has 0 aromatic heterocycles. The van der Waals surface area contributed by atoms with Crippen molar-refractivity contribution in [1.82, 2.24) is 0 Å². The van der Waals surface area contributed by atoms with Crippen LogP contribution in [-0.4, -0.2) is 11.1 Å². The zero-order valence-corrected chi connectivity index (χ0v) is 13.3. The second-order valence-corrected chi connectivity index (χ2v) is 6.18. The van der Waals surface area contributed by atoms with Crippen LogP contribution in [0.2, 0.25) is 0 Å². The Balaban J connectivity index is 1.92. The molecular weight excluding hydrogens is 330 g/mol. The molecule has 0 saturated carbocycles. The van der Waals surface area contributed by atoms with E-state index >= 15 is 0 Å². The second-order valence-electron chi connectivity index (χ2n) is 5.33. The molecule has 3 rings (SSSR count). The Hall–Kier alpha value is -1.81. The molecule has 2 N–H and O–H groups in total. The van der Waals surface area contributed by atoms with Crippen LogP contribution in [0.25, 0.3) is 0 Å². The predicted molar refractivity (Wildman–Crippen MR) is 87.0 cm³/mol. The Morgan fingerprint density at radius 3 is 2.81 bits per heavy atom. The highest BCUT2D eigenvalue weighted by atomic mass is 79.9. The number of halogens is 1. The summed E-state index contributed by atoms with van der Waals surface area (Å²) in [6.45, 7) is 1.85. The van der Waals surface area contributed by atoms with Gasteiger partial charge < -0.3 is 10.4 Å². The van der Waals surface area contributed by atoms with Crippen molar-refractivity contribution in [2.75, 3.05) is 5.32 Å². The number of fused-ring (bicyclic) bond motifs is 1. The van der Waals surface area contributed by atoms with E-state index < -0.39 is 5.97 Å². The van der Waals surface area contributed by atoms with Gasteiger partial charge in [-0.1, -0.05) is 34.1 Å². The first kappa shape index (κ1) is 14.1. The lowest BCUT2D eigenvalue weighted by Crippen LogP contribution is -2.10. The number of nitrogens with one attached hydrogen (secondary N) is 1. The fraction of sp³-hybridized carbons (Fsp3) is 0.235. The van der Waals surface area contributed by atoms with E-state index in [0.29, 0.717) is 5.56 Å². The number of anilines is 1. The summed E-state index contributed by atoms with van der Waals surface area (Å²) in [6, 6.07) is 11.9. The molecule has 0 radical (unpaired) electrons. The summed E-state index contributed by atoms with van der Waals surface area (Å²) in [4.78, 5) is 11.2. The van der Waals surface area contributed by atoms with Crippen LogP contribution < -0.4 is 5.32 Å². The minimum absolute atomic E-state index is 0.236. The SMILES string of the molecule is Cc1c(NC2CCc3c(Br)cccc32)cccc1C(=O)O. The largest absolute Gasteiger partial charge is 0.478 e. The van der Waals surface area contributed by atoms with E-state index in [-0.39, 0.29) is 6.04 Å². The van der Waals surface area contributed by atoms with E-state index in [1.165, 1.54) is 11.1 Å². The highest BCUT2D eigenvalue weighted by Crippen LogP contribution is 2.38. The van der Waals surface area contributed by atoms with Crippen molar-refractivity contribution >= 4 is 27.6 Å². The van der Waals surface area contributed by atoms with Gasteiger partial charge in [-0.25, -0.2) is 4.79 Å². The summed E-state index contributed by atoms with van der Waals surface area (Å²) >= 11 is 3.60. The molecule has 0 heterocycles. The Labute approximate surface area is 132 Å². The second kappa shape index (κ2) is 5.53. The van der Waals surface area contributed by atoms with Gasteiger partial charge in [0, 0.05) is 10.2 Å². The summed E-state index contributed by atoms with van der Waals surface area (Å²) in [6.07, 6.45) is 2.06. The quantitative estimate of drug-likeness (QED) is 0.857. The standard InChI is InChI=1S/C17H16BrNO2/c1-10-11(17(20)21)4-3-7-15(10)19-16-9-8-12-13(16)5-2-6-14(12)18/h2-7,16,19H,8-9H2,1H3,(H,20,21). The molecule has 0 fully saturated rings. The summed E-state index contributed by atoms with van der Waals surface area (Å²) < 4.78 is 1.15. The molecule has 0 saturated heterocycles. The van der Waals surface area contributed by atoms with Crippen molar-refractivity contribution in [3.8, 4) is 0 Å². The van der Waals surface area contributed by atoms with Crippen LogP contribution in [0, 0.1) is 6.92 Å². The van der Waals surface area contributed by atoms with Crippen molar-refractivity contribution in [2.24, 2.45) is 0 Å². The summed E-state index contributed by atoms with van der Waals surface area (Å²) in [5.41, 5.74) is 4.68. The molecule has 0 amide bonds. The molecular formula is C17H16BrNO2. The summed E-state index contributed by atoms with van der Waals surface area (Å²) in [5, 5.41) is 12.7. The van der Waals surface area contributed by atoms with Crippen LogP contribution in [0.4, 0.5) is 5.69 Å². The number of rotatable bonds is 3. The lowest BCUT2D eigenvalue weighted by molar-refractivity contribution is 0.0696. The van der Waals surface area contributed by atoms with Gasteiger partial charge in [0.1, 0.15) is 0 Å². The summed E-state index contributed by atoms with van der Waals surface area (Å²) in [5.74, 6) is -0.884. The number of hydrogen-bond donors (Lipinski definition) is 2. The number of aromatic carboxylic acids is 1. The van der Waals surface area contributed by atoms with Crippen molar-refractivity contribution in [3.05, 3.63) is 63.1 Å². The van der Waals surface area contributed by atoms with Gasteiger partial charge in [0.2, 0.25) is 0 Å². The maximum atomic E-state index is 11.2. The fourth-order valence-electron chi connectivity index (χ4n) is 2.97. The number of carboxylic acid groups (broad SMARTS) is 1. The molecule has 0 aliphatic heterocycles. The molecule has 1 unspecified atom stereocenters. The van der Waals surface area contributed by atoms with Crippen LogP contribution >= 0.6 is 15.9 Å². The Kier molecular flexibility index (Phi) is 3.72. The Morgan fingerprint density at radius 2 is 2.05 bits per heavy atom. The molecule has 4 heteroatoms. The highest BCUT2D eigenvalue weighted by Gasteiger charge is 2.24. The molecule has 3 nitrogen and oxygen atoms in total. The molecule has 0 spiro atoms. The molecule has 1 aliphatic carbocycles. The molecule has 0 bridgehead atoms. The molecule has 108 valence electrons. The zero-order chi connectivity index (χ0) is 15.0. The lowest BCUT2D eigenvalue weighted by Gasteiger charge is -2.18. The fourth-order valence-corrected chi connectivity index (χ4v) is 3.55. The first-order valence-electron chi connectivity index (χ1n) is 6.94. The topological polar surface area (TPSA) is 49.3 Å². The maximum absolute atomic E-state index is 11.2. The predicted octanol–water partition coefficient (Wildman–Crippen LogP) is 4.56. The minimum Gasteiger partial charge on any atom is -0.478 e. The number of carboxylic acids is 1. The molecule has 2 aromatic rings.